The molecule has 0 saturated heterocycles. The molecule has 3 heteroatoms. The van der Waals surface area contributed by atoms with Crippen LogP contribution in [-0.4, -0.2) is 11.6 Å². The lowest BCUT2D eigenvalue weighted by molar-refractivity contribution is -0.276. The van der Waals surface area contributed by atoms with Gasteiger partial charge in [-0.2, -0.15) is 0 Å². The first kappa shape index (κ1) is 15.8. The van der Waals surface area contributed by atoms with Crippen LogP contribution in [0.4, 0.5) is 0 Å². The highest BCUT2D eigenvalue weighted by Gasteiger charge is 2.80. The lowest BCUT2D eigenvalue weighted by Crippen LogP contribution is -2.79. The second-order valence-corrected chi connectivity index (χ2v) is 8.22. The SMILES string of the molecule is CC1=C(C)[C@]2(C)[C@@H](C)[C@](C)(OC(=O)c3ccc(Br)cc3)[C@@]12C. The third kappa shape index (κ3) is 1.49. The molecule has 0 bridgehead atoms. The molecule has 0 radical (unpaired) electrons. The molecule has 0 spiro atoms. The second-order valence-electron chi connectivity index (χ2n) is 7.30. The molecule has 1 aromatic carbocycles. The van der Waals surface area contributed by atoms with Gasteiger partial charge in [0.25, 0.3) is 0 Å². The summed E-state index contributed by atoms with van der Waals surface area (Å²) in [5.41, 5.74) is 3.07. The fourth-order valence-corrected chi connectivity index (χ4v) is 5.31. The van der Waals surface area contributed by atoms with Gasteiger partial charge in [0.05, 0.1) is 5.56 Å². The number of fused-ring (bicyclic) bond motifs is 1. The summed E-state index contributed by atoms with van der Waals surface area (Å²) in [6, 6.07) is 7.34. The van der Waals surface area contributed by atoms with E-state index in [-0.39, 0.29) is 16.8 Å². The predicted molar refractivity (Wildman–Crippen MR) is 91.7 cm³/mol. The van der Waals surface area contributed by atoms with Crippen LogP contribution in [0.2, 0.25) is 0 Å². The van der Waals surface area contributed by atoms with Crippen LogP contribution in [0.5, 0.6) is 0 Å². The van der Waals surface area contributed by atoms with Gasteiger partial charge >= 0.3 is 5.97 Å². The predicted octanol–water partition coefficient (Wildman–Crippen LogP) is 5.38. The molecular weight excluding hydrogens is 340 g/mol. The number of hydrogen-bond acceptors (Lipinski definition) is 2. The summed E-state index contributed by atoms with van der Waals surface area (Å²) in [4.78, 5) is 12.6. The van der Waals surface area contributed by atoms with E-state index in [1.807, 2.05) is 12.1 Å². The number of carbonyl (C=O) groups excluding carboxylic acids is 1. The van der Waals surface area contributed by atoms with Gasteiger partial charge in [-0.05, 0) is 45.0 Å². The van der Waals surface area contributed by atoms with Crippen LogP contribution in [0.1, 0.15) is 51.9 Å². The van der Waals surface area contributed by atoms with E-state index in [4.69, 9.17) is 4.74 Å². The molecule has 2 aliphatic carbocycles. The summed E-state index contributed by atoms with van der Waals surface area (Å²) < 4.78 is 7.00. The fraction of sp³-hybridized carbons (Fsp3) is 0.526. The van der Waals surface area contributed by atoms with Gasteiger partial charge in [-0.1, -0.05) is 47.8 Å². The van der Waals surface area contributed by atoms with Gasteiger partial charge in [0.2, 0.25) is 0 Å². The summed E-state index contributed by atoms with van der Waals surface area (Å²) in [6.45, 7) is 13.2. The van der Waals surface area contributed by atoms with E-state index in [1.165, 1.54) is 11.1 Å². The molecule has 118 valence electrons. The van der Waals surface area contributed by atoms with Gasteiger partial charge < -0.3 is 4.74 Å². The summed E-state index contributed by atoms with van der Waals surface area (Å²) in [5.74, 6) is 0.0792. The minimum absolute atomic E-state index is 0.0610. The average Bonchev–Trinajstić information content (AvgIpc) is 2.51. The van der Waals surface area contributed by atoms with Gasteiger partial charge in [0.15, 0.2) is 0 Å². The molecule has 22 heavy (non-hydrogen) atoms. The Morgan fingerprint density at radius 2 is 1.64 bits per heavy atom. The Morgan fingerprint density at radius 3 is 2.18 bits per heavy atom. The summed E-state index contributed by atoms with van der Waals surface area (Å²) in [5, 5.41) is 0. The summed E-state index contributed by atoms with van der Waals surface area (Å²) in [7, 11) is 0. The van der Waals surface area contributed by atoms with E-state index in [0.29, 0.717) is 11.5 Å². The highest BCUT2D eigenvalue weighted by Crippen LogP contribution is 2.80. The minimum Gasteiger partial charge on any atom is -0.454 e. The normalized spacial score (nSPS) is 39.7. The van der Waals surface area contributed by atoms with Crippen LogP contribution >= 0.6 is 15.9 Å². The first-order chi connectivity index (χ1) is 10.1. The van der Waals surface area contributed by atoms with Crippen LogP contribution in [-0.2, 0) is 4.74 Å². The van der Waals surface area contributed by atoms with Crippen molar-refractivity contribution in [3.05, 3.63) is 45.4 Å². The maximum Gasteiger partial charge on any atom is 0.338 e. The van der Waals surface area contributed by atoms with Crippen molar-refractivity contribution in [2.75, 3.05) is 0 Å². The van der Waals surface area contributed by atoms with Crippen LogP contribution in [0, 0.1) is 16.7 Å². The second kappa shape index (κ2) is 4.47. The highest BCUT2D eigenvalue weighted by molar-refractivity contribution is 9.10. The number of hydrogen-bond donors (Lipinski definition) is 0. The maximum absolute atomic E-state index is 12.6. The zero-order valence-electron chi connectivity index (χ0n) is 14.1. The Labute approximate surface area is 141 Å². The number of esters is 1. The standard InChI is InChI=1S/C19H23BrO2/c1-11-12(2)18(5)17(11,4)13(3)19(18,6)22-16(21)14-7-9-15(20)10-8-14/h7-10,13H,1-6H3/t13-,17-,18+,19+/m1/s1. The number of benzene rings is 1. The van der Waals surface area contributed by atoms with Crippen molar-refractivity contribution < 1.29 is 9.53 Å². The lowest BCUT2D eigenvalue weighted by Gasteiger charge is -2.78. The largest absolute Gasteiger partial charge is 0.454 e. The van der Waals surface area contributed by atoms with Gasteiger partial charge in [0.1, 0.15) is 5.60 Å². The summed E-state index contributed by atoms with van der Waals surface area (Å²) in [6.07, 6.45) is 0. The molecule has 0 aromatic heterocycles. The van der Waals surface area contributed by atoms with Gasteiger partial charge in [-0.25, -0.2) is 4.79 Å². The molecule has 1 aromatic rings. The van der Waals surface area contributed by atoms with E-state index in [0.717, 1.165) is 4.47 Å². The fourth-order valence-electron chi connectivity index (χ4n) is 5.05. The van der Waals surface area contributed by atoms with E-state index in [2.05, 4.69) is 57.5 Å². The lowest BCUT2D eigenvalue weighted by atomic mass is 9.27. The first-order valence-corrected chi connectivity index (χ1v) is 8.57. The molecule has 3 rings (SSSR count). The van der Waals surface area contributed by atoms with Crippen molar-refractivity contribution in [2.24, 2.45) is 16.7 Å². The third-order valence-corrected chi connectivity index (χ3v) is 7.73. The van der Waals surface area contributed by atoms with Crippen LogP contribution in [0.15, 0.2) is 39.9 Å². The molecule has 4 atom stereocenters. The number of ether oxygens (including phenoxy) is 1. The average molecular weight is 363 g/mol. The molecular formula is C19H23BrO2. The molecule has 0 amide bonds. The molecule has 2 nitrogen and oxygen atoms in total. The van der Waals surface area contributed by atoms with E-state index in [1.54, 1.807) is 12.1 Å². The Bertz CT molecular complexity index is 690. The number of rotatable bonds is 2. The van der Waals surface area contributed by atoms with Gasteiger partial charge in [0, 0.05) is 21.2 Å². The molecule has 0 heterocycles. The Balaban J connectivity index is 1.90. The first-order valence-electron chi connectivity index (χ1n) is 7.78. The van der Waals surface area contributed by atoms with Crippen LogP contribution in [0.3, 0.4) is 0 Å². The zero-order chi connectivity index (χ0) is 16.5. The third-order valence-electron chi connectivity index (χ3n) is 7.20. The zero-order valence-corrected chi connectivity index (χ0v) is 15.7. The Morgan fingerprint density at radius 1 is 1.09 bits per heavy atom. The smallest absolute Gasteiger partial charge is 0.338 e. The number of halogens is 1. The molecule has 0 N–H and O–H groups in total. The molecule has 1 saturated carbocycles. The minimum atomic E-state index is -0.449. The number of allylic oxidation sites excluding steroid dienone is 1. The van der Waals surface area contributed by atoms with Crippen molar-refractivity contribution in [2.45, 2.75) is 47.1 Å². The van der Waals surface area contributed by atoms with Crippen LogP contribution in [0.25, 0.3) is 0 Å². The topological polar surface area (TPSA) is 26.3 Å². The molecule has 2 aliphatic rings. The monoisotopic (exact) mass is 362 g/mol. The van der Waals surface area contributed by atoms with Gasteiger partial charge in [-0.15, -0.1) is 0 Å². The quantitative estimate of drug-likeness (QED) is 0.521. The highest BCUT2D eigenvalue weighted by atomic mass is 79.9. The summed E-state index contributed by atoms with van der Waals surface area (Å²) >= 11 is 3.39. The molecule has 0 unspecified atom stereocenters. The van der Waals surface area contributed by atoms with Crippen LogP contribution < -0.4 is 0 Å². The Hall–Kier alpha value is -1.09. The number of carbonyl (C=O) groups is 1. The van der Waals surface area contributed by atoms with Crippen molar-refractivity contribution >= 4 is 21.9 Å². The van der Waals surface area contributed by atoms with E-state index in [9.17, 15) is 4.79 Å². The van der Waals surface area contributed by atoms with E-state index >= 15 is 0 Å². The molecule has 1 fully saturated rings. The Kier molecular flexibility index (Phi) is 3.21. The van der Waals surface area contributed by atoms with Crippen molar-refractivity contribution in [3.63, 3.8) is 0 Å². The van der Waals surface area contributed by atoms with Crippen molar-refractivity contribution in [1.82, 2.24) is 0 Å². The molecule has 0 aliphatic heterocycles. The van der Waals surface area contributed by atoms with Crippen molar-refractivity contribution in [3.8, 4) is 0 Å². The maximum atomic E-state index is 12.6. The van der Waals surface area contributed by atoms with Crippen molar-refractivity contribution in [1.29, 1.82) is 0 Å². The van der Waals surface area contributed by atoms with Gasteiger partial charge in [-0.3, -0.25) is 0 Å². The van der Waals surface area contributed by atoms with E-state index < -0.39 is 5.60 Å².